The molecule has 1 aliphatic carbocycles. The van der Waals surface area contributed by atoms with Crippen LogP contribution in [0.5, 0.6) is 0 Å². The van der Waals surface area contributed by atoms with E-state index in [2.05, 4.69) is 28.1 Å². The minimum Gasteiger partial charge on any atom is -0.390 e. The molecule has 0 radical (unpaired) electrons. The summed E-state index contributed by atoms with van der Waals surface area (Å²) in [5, 5.41) is 10.6. The van der Waals surface area contributed by atoms with Crippen LogP contribution in [-0.2, 0) is 31.6 Å². The number of imidazole rings is 1. The molecule has 7 N–H and O–H groups in total. The largest absolute Gasteiger partial charge is 0.490 e. The molecule has 0 aromatic carbocycles. The van der Waals surface area contributed by atoms with Gasteiger partial charge < -0.3 is 40.1 Å². The lowest BCUT2D eigenvalue weighted by Gasteiger charge is -2.20. The third-order valence-corrected chi connectivity index (χ3v) is 9.43. The highest BCUT2D eigenvalue weighted by Gasteiger charge is 2.46. The molecule has 36 heavy (non-hydrogen) atoms. The Kier molecular flexibility index (Phi) is 7.38. The van der Waals surface area contributed by atoms with Crippen LogP contribution >= 0.6 is 23.5 Å². The zero-order chi connectivity index (χ0) is 26.6. The first kappa shape index (κ1) is 27.5. The van der Waals surface area contributed by atoms with Crippen LogP contribution in [0.15, 0.2) is 6.33 Å². The first-order chi connectivity index (χ1) is 16.6. The Morgan fingerprint density at radius 1 is 1.17 bits per heavy atom. The van der Waals surface area contributed by atoms with Crippen molar-refractivity contribution < 1.29 is 56.3 Å². The second-order valence-corrected chi connectivity index (χ2v) is 12.8. The van der Waals surface area contributed by atoms with Gasteiger partial charge in [-0.15, -0.1) is 0 Å². The van der Waals surface area contributed by atoms with Gasteiger partial charge in [0.2, 0.25) is 5.95 Å². The van der Waals surface area contributed by atoms with Crippen LogP contribution in [0.4, 0.5) is 11.8 Å². The van der Waals surface area contributed by atoms with Gasteiger partial charge in [0, 0.05) is 19.0 Å². The van der Waals surface area contributed by atoms with Crippen LogP contribution in [0.3, 0.4) is 0 Å². The van der Waals surface area contributed by atoms with Gasteiger partial charge in [-0.05, 0) is 12.8 Å². The minimum absolute atomic E-state index is 0.00200. The fourth-order valence-electron chi connectivity index (χ4n) is 3.80. The van der Waals surface area contributed by atoms with Crippen molar-refractivity contribution in [2.45, 2.75) is 44.2 Å². The van der Waals surface area contributed by atoms with Crippen LogP contribution < -0.4 is 10.6 Å². The summed E-state index contributed by atoms with van der Waals surface area (Å²) >= 11 is 0. The van der Waals surface area contributed by atoms with Gasteiger partial charge in [0.05, 0.1) is 19.0 Å². The Morgan fingerprint density at radius 3 is 2.44 bits per heavy atom. The van der Waals surface area contributed by atoms with Gasteiger partial charge in [0.1, 0.15) is 12.3 Å². The van der Waals surface area contributed by atoms with E-state index in [1.165, 1.54) is 10.9 Å². The molecular formula is C15H25N6O12P3. The van der Waals surface area contributed by atoms with Crippen LogP contribution in [0, 0.1) is 5.92 Å². The molecule has 21 heteroatoms. The second kappa shape index (κ2) is 9.66. The molecule has 2 fully saturated rings. The third-order valence-electron chi connectivity index (χ3n) is 5.62. The number of aromatic nitrogens is 4. The molecule has 18 nitrogen and oxygen atoms in total. The molecule has 0 amide bonds. The molecular weight excluding hydrogens is 549 g/mol. The topological polar surface area (TPSA) is 262 Å². The number of nitrogens with zero attached hydrogens (tertiary/aromatic N) is 5. The molecule has 1 saturated heterocycles. The normalized spacial score (nSPS) is 28.2. The molecule has 2 aromatic heterocycles. The van der Waals surface area contributed by atoms with Gasteiger partial charge in [-0.25, -0.2) is 18.7 Å². The molecule has 0 spiro atoms. The first-order valence-corrected chi connectivity index (χ1v) is 14.9. The Morgan fingerprint density at radius 2 is 1.83 bits per heavy atom. The summed E-state index contributed by atoms with van der Waals surface area (Å²) in [4.78, 5) is 51.0. The first-order valence-electron chi connectivity index (χ1n) is 10.4. The zero-order valence-electron chi connectivity index (χ0n) is 18.8. The number of aliphatic hydroxyl groups excluding tert-OH is 1. The van der Waals surface area contributed by atoms with Crippen molar-refractivity contribution in [1.82, 2.24) is 19.5 Å². The number of hydrogen-bond donors (Lipinski definition) is 6. The quantitative estimate of drug-likeness (QED) is 0.208. The lowest BCUT2D eigenvalue weighted by molar-refractivity contribution is -0.0438. The number of ether oxygens (including phenoxy) is 1. The predicted molar refractivity (Wildman–Crippen MR) is 120 cm³/mol. The van der Waals surface area contributed by atoms with Crippen molar-refractivity contribution in [3.8, 4) is 0 Å². The second-order valence-electron chi connectivity index (χ2n) is 8.37. The van der Waals surface area contributed by atoms with Crippen LogP contribution in [0.2, 0.25) is 0 Å². The zero-order valence-corrected chi connectivity index (χ0v) is 21.5. The molecule has 0 bridgehead atoms. The number of nitrogen functional groups attached to an aromatic ring is 1. The minimum atomic E-state index is -5.67. The van der Waals surface area contributed by atoms with Gasteiger partial charge in [0.15, 0.2) is 17.0 Å². The summed E-state index contributed by atoms with van der Waals surface area (Å²) in [5.74, 6) is -0.0750. The van der Waals surface area contributed by atoms with Crippen LogP contribution in [0.25, 0.3) is 11.2 Å². The summed E-state index contributed by atoms with van der Waals surface area (Å²) in [6.45, 7) is 0.832. The SMILES string of the molecule is C[C@H]1[C@H](O)[C@@H](COP(=O)(O)OP(=O)(O)OP(=O)(O)O)O[C@H]1n1cnc2c(N(C)C3CC3)nc(N)nc21. The van der Waals surface area contributed by atoms with Crippen molar-refractivity contribution in [3.05, 3.63) is 6.33 Å². The average molecular weight is 574 g/mol. The molecule has 202 valence electrons. The van der Waals surface area contributed by atoms with Crippen molar-refractivity contribution >= 4 is 46.4 Å². The standard InChI is InChI=1S/C15H25N6O12P3/c1-7-11(22)9(5-30-35(26,27)33-36(28,29)32-34(23,24)25)31-14(7)21-6-17-10-12(20(2)8-3-4-8)18-15(16)19-13(10)21/h6-9,11,14,22H,3-5H2,1-2H3,(H,26,27)(H,28,29)(H2,16,18,19)(H2,23,24,25)/t7-,9+,11-,14+/m0/s1. The third kappa shape index (κ3) is 6.13. The van der Waals surface area contributed by atoms with E-state index in [-0.39, 0.29) is 5.95 Å². The van der Waals surface area contributed by atoms with E-state index in [1.54, 1.807) is 6.92 Å². The monoisotopic (exact) mass is 574 g/mol. The van der Waals surface area contributed by atoms with Gasteiger partial charge in [-0.1, -0.05) is 6.92 Å². The van der Waals surface area contributed by atoms with Gasteiger partial charge in [-0.3, -0.25) is 9.09 Å². The molecule has 3 heterocycles. The van der Waals surface area contributed by atoms with E-state index in [9.17, 15) is 28.6 Å². The number of fused-ring (bicyclic) bond motifs is 1. The summed E-state index contributed by atoms with van der Waals surface area (Å²) in [7, 11) is -14.7. The lowest BCUT2D eigenvalue weighted by Crippen LogP contribution is -2.29. The highest BCUT2D eigenvalue weighted by Crippen LogP contribution is 2.66. The summed E-state index contributed by atoms with van der Waals surface area (Å²) < 4.78 is 53.5. The molecule has 1 saturated carbocycles. The molecule has 1 aliphatic heterocycles. The Hall–Kier alpha value is -1.52. The number of rotatable bonds is 10. The van der Waals surface area contributed by atoms with Crippen LogP contribution in [0.1, 0.15) is 26.0 Å². The van der Waals surface area contributed by atoms with Gasteiger partial charge in [0.25, 0.3) is 0 Å². The summed E-state index contributed by atoms with van der Waals surface area (Å²) in [6.07, 6.45) is 0.117. The fraction of sp³-hybridized carbons (Fsp3) is 0.667. The van der Waals surface area contributed by atoms with Crippen molar-refractivity contribution in [3.63, 3.8) is 0 Å². The number of phosphoric ester groups is 1. The van der Waals surface area contributed by atoms with Crippen LogP contribution in [-0.4, -0.2) is 76.1 Å². The molecule has 6 atom stereocenters. The van der Waals surface area contributed by atoms with E-state index in [1.807, 2.05) is 11.9 Å². The van der Waals surface area contributed by atoms with Gasteiger partial charge in [-0.2, -0.15) is 18.6 Å². The fourth-order valence-corrected chi connectivity index (χ4v) is 6.83. The smallest absolute Gasteiger partial charge is 0.390 e. The van der Waals surface area contributed by atoms with E-state index in [4.69, 9.17) is 20.3 Å². The maximum atomic E-state index is 12.0. The number of anilines is 2. The Bertz CT molecular complexity index is 1280. The molecule has 2 unspecified atom stereocenters. The van der Waals surface area contributed by atoms with Crippen molar-refractivity contribution in [2.75, 3.05) is 24.3 Å². The lowest BCUT2D eigenvalue weighted by atomic mass is 10.0. The van der Waals surface area contributed by atoms with Crippen molar-refractivity contribution in [1.29, 1.82) is 0 Å². The number of hydrogen-bond acceptors (Lipinski definition) is 13. The molecule has 2 aliphatic rings. The highest BCUT2D eigenvalue weighted by molar-refractivity contribution is 7.66. The number of aliphatic hydroxyl groups is 1. The maximum Gasteiger partial charge on any atom is 0.490 e. The van der Waals surface area contributed by atoms with E-state index >= 15 is 0 Å². The van der Waals surface area contributed by atoms with E-state index < -0.39 is 54.4 Å². The van der Waals surface area contributed by atoms with Gasteiger partial charge >= 0.3 is 23.5 Å². The Balaban J connectivity index is 1.49. The van der Waals surface area contributed by atoms with E-state index in [0.717, 1.165) is 12.8 Å². The summed E-state index contributed by atoms with van der Waals surface area (Å²) in [5.41, 5.74) is 6.70. The maximum absolute atomic E-state index is 12.0. The predicted octanol–water partition coefficient (Wildman–Crippen LogP) is 0.245. The number of nitrogens with two attached hydrogens (primary N) is 1. The summed E-state index contributed by atoms with van der Waals surface area (Å²) in [6, 6.07) is 0.315. The average Bonchev–Trinajstić information content (AvgIpc) is 3.43. The molecule has 4 rings (SSSR count). The Labute approximate surface area is 203 Å². The number of phosphoric acid groups is 3. The molecule has 2 aromatic rings. The van der Waals surface area contributed by atoms with Crippen molar-refractivity contribution in [2.24, 2.45) is 5.92 Å². The highest BCUT2D eigenvalue weighted by atomic mass is 31.3. The van der Waals surface area contributed by atoms with E-state index in [0.29, 0.717) is 23.0 Å².